The summed E-state index contributed by atoms with van der Waals surface area (Å²) in [4.78, 5) is 30.4. The molecule has 2 aromatic rings. The van der Waals surface area contributed by atoms with Crippen LogP contribution in [0.25, 0.3) is 0 Å². The predicted octanol–water partition coefficient (Wildman–Crippen LogP) is 2.34. The second-order valence-electron chi connectivity index (χ2n) is 6.36. The lowest BCUT2D eigenvalue weighted by atomic mass is 10.0. The van der Waals surface area contributed by atoms with E-state index in [2.05, 4.69) is 10.3 Å². The lowest BCUT2D eigenvalue weighted by Gasteiger charge is -2.32. The number of carbonyl (C=O) groups is 2. The largest absolute Gasteiger partial charge is 0.466 e. The summed E-state index contributed by atoms with van der Waals surface area (Å²) < 4.78 is 5.50. The molecular weight excluding hydrogens is 318 g/mol. The molecule has 6 nitrogen and oxygen atoms in total. The molecule has 0 bridgehead atoms. The van der Waals surface area contributed by atoms with Crippen LogP contribution in [-0.2, 0) is 11.2 Å². The first-order chi connectivity index (χ1) is 12.1. The number of hydrogen-bond donors (Lipinski definition) is 1. The van der Waals surface area contributed by atoms with Gasteiger partial charge in [0.25, 0.3) is 5.91 Å². The Kier molecular flexibility index (Phi) is 5.48. The van der Waals surface area contributed by atoms with Crippen LogP contribution in [0.1, 0.15) is 41.3 Å². The number of nitrogens with one attached hydrogen (secondary N) is 1. The van der Waals surface area contributed by atoms with E-state index in [0.717, 1.165) is 24.4 Å². The van der Waals surface area contributed by atoms with Crippen LogP contribution in [0.4, 0.5) is 0 Å². The third-order valence-corrected chi connectivity index (χ3v) is 4.46. The third-order valence-electron chi connectivity index (χ3n) is 4.46. The Morgan fingerprint density at radius 2 is 2.04 bits per heavy atom. The van der Waals surface area contributed by atoms with E-state index in [-0.39, 0.29) is 17.9 Å². The van der Waals surface area contributed by atoms with Gasteiger partial charge >= 0.3 is 0 Å². The molecule has 0 saturated carbocycles. The fourth-order valence-corrected chi connectivity index (χ4v) is 3.04. The van der Waals surface area contributed by atoms with Gasteiger partial charge in [0.1, 0.15) is 17.2 Å². The molecule has 3 rings (SSSR count). The van der Waals surface area contributed by atoms with E-state index in [1.54, 1.807) is 24.4 Å². The van der Waals surface area contributed by atoms with Crippen molar-refractivity contribution in [2.45, 2.75) is 38.6 Å². The number of likely N-dealkylation sites (tertiary alicyclic amines) is 1. The second-order valence-corrected chi connectivity index (χ2v) is 6.36. The van der Waals surface area contributed by atoms with E-state index in [4.69, 9.17) is 4.42 Å². The summed E-state index contributed by atoms with van der Waals surface area (Å²) in [5, 5.41) is 3.00. The number of aromatic nitrogens is 1. The predicted molar refractivity (Wildman–Crippen MR) is 93.1 cm³/mol. The molecule has 0 aliphatic carbocycles. The third kappa shape index (κ3) is 4.68. The summed E-state index contributed by atoms with van der Waals surface area (Å²) in [6, 6.07) is 9.20. The number of amides is 2. The lowest BCUT2D eigenvalue weighted by molar-refractivity contribution is -0.132. The van der Waals surface area contributed by atoms with Gasteiger partial charge in [-0.15, -0.1) is 0 Å². The Hall–Kier alpha value is -2.63. The van der Waals surface area contributed by atoms with E-state index < -0.39 is 0 Å². The number of piperidine rings is 1. The van der Waals surface area contributed by atoms with Crippen molar-refractivity contribution in [2.75, 3.05) is 13.1 Å². The highest BCUT2D eigenvalue weighted by molar-refractivity contribution is 5.92. The van der Waals surface area contributed by atoms with Crippen molar-refractivity contribution < 1.29 is 14.0 Å². The molecule has 25 heavy (non-hydrogen) atoms. The van der Waals surface area contributed by atoms with Crippen LogP contribution in [0.3, 0.4) is 0 Å². The van der Waals surface area contributed by atoms with Crippen LogP contribution in [0.2, 0.25) is 0 Å². The van der Waals surface area contributed by atoms with E-state index in [1.807, 2.05) is 24.0 Å². The van der Waals surface area contributed by atoms with Crippen molar-refractivity contribution in [2.24, 2.45) is 0 Å². The standard InChI is InChI=1S/C19H23N3O3/c1-14-5-6-16(25-14)7-8-18(23)22-12-9-15(10-13-22)21-19(24)17-4-2-3-11-20-17/h2-6,11,15H,7-10,12-13H2,1H3,(H,21,24). The molecule has 1 N–H and O–H groups in total. The minimum Gasteiger partial charge on any atom is -0.466 e. The van der Waals surface area contributed by atoms with Gasteiger partial charge in [-0.25, -0.2) is 0 Å². The van der Waals surface area contributed by atoms with E-state index in [1.165, 1.54) is 0 Å². The molecule has 6 heteroatoms. The first kappa shape index (κ1) is 17.2. The first-order valence-corrected chi connectivity index (χ1v) is 8.67. The minimum atomic E-state index is -0.154. The SMILES string of the molecule is Cc1ccc(CCC(=O)N2CCC(NC(=O)c3ccccn3)CC2)o1. The van der Waals surface area contributed by atoms with Gasteiger partial charge in [0.05, 0.1) is 0 Å². The number of aryl methyl sites for hydroxylation is 2. The molecule has 0 atom stereocenters. The number of carbonyl (C=O) groups excluding carboxylic acids is 2. The number of furan rings is 1. The summed E-state index contributed by atoms with van der Waals surface area (Å²) in [6.45, 7) is 3.24. The number of nitrogens with zero attached hydrogens (tertiary/aromatic N) is 2. The monoisotopic (exact) mass is 341 g/mol. The van der Waals surface area contributed by atoms with E-state index in [0.29, 0.717) is 31.6 Å². The fraction of sp³-hybridized carbons (Fsp3) is 0.421. The molecule has 132 valence electrons. The quantitative estimate of drug-likeness (QED) is 0.906. The maximum absolute atomic E-state index is 12.3. The average molecular weight is 341 g/mol. The highest BCUT2D eigenvalue weighted by atomic mass is 16.3. The molecule has 0 aromatic carbocycles. The smallest absolute Gasteiger partial charge is 0.270 e. The van der Waals surface area contributed by atoms with Crippen LogP contribution >= 0.6 is 0 Å². The lowest BCUT2D eigenvalue weighted by Crippen LogP contribution is -2.46. The summed E-state index contributed by atoms with van der Waals surface area (Å²) >= 11 is 0. The molecule has 1 aliphatic rings. The van der Waals surface area contributed by atoms with Crippen LogP contribution in [0.5, 0.6) is 0 Å². The molecule has 1 aliphatic heterocycles. The fourth-order valence-electron chi connectivity index (χ4n) is 3.04. The second kappa shape index (κ2) is 7.96. The summed E-state index contributed by atoms with van der Waals surface area (Å²) in [5.74, 6) is 1.71. The summed E-state index contributed by atoms with van der Waals surface area (Å²) in [6.07, 6.45) is 4.23. The van der Waals surface area contributed by atoms with Crippen molar-refractivity contribution in [3.63, 3.8) is 0 Å². The van der Waals surface area contributed by atoms with E-state index in [9.17, 15) is 9.59 Å². The zero-order chi connectivity index (χ0) is 17.6. The molecule has 1 fully saturated rings. The van der Waals surface area contributed by atoms with Gasteiger partial charge in [-0.05, 0) is 44.0 Å². The summed E-state index contributed by atoms with van der Waals surface area (Å²) in [5.41, 5.74) is 0.426. The average Bonchev–Trinajstić information content (AvgIpc) is 3.06. The van der Waals surface area contributed by atoms with Gasteiger partial charge in [-0.2, -0.15) is 0 Å². The van der Waals surface area contributed by atoms with Crippen molar-refractivity contribution >= 4 is 11.8 Å². The topological polar surface area (TPSA) is 75.4 Å². The Balaban J connectivity index is 1.42. The first-order valence-electron chi connectivity index (χ1n) is 8.67. The zero-order valence-electron chi connectivity index (χ0n) is 14.4. The zero-order valence-corrected chi connectivity index (χ0v) is 14.4. The Morgan fingerprint density at radius 1 is 1.24 bits per heavy atom. The van der Waals surface area contributed by atoms with Gasteiger partial charge in [0.15, 0.2) is 0 Å². The molecule has 2 aromatic heterocycles. The van der Waals surface area contributed by atoms with Gasteiger partial charge in [-0.3, -0.25) is 14.6 Å². The minimum absolute atomic E-state index is 0.0891. The summed E-state index contributed by atoms with van der Waals surface area (Å²) in [7, 11) is 0. The molecule has 0 unspecified atom stereocenters. The van der Waals surface area contributed by atoms with Crippen LogP contribution < -0.4 is 5.32 Å². The molecule has 0 spiro atoms. The van der Waals surface area contributed by atoms with Gasteiger partial charge in [0.2, 0.25) is 5.91 Å². The molecule has 3 heterocycles. The number of hydrogen-bond acceptors (Lipinski definition) is 4. The Morgan fingerprint density at radius 3 is 2.68 bits per heavy atom. The Labute approximate surface area is 147 Å². The normalized spacial score (nSPS) is 15.2. The highest BCUT2D eigenvalue weighted by Crippen LogP contribution is 2.14. The van der Waals surface area contributed by atoms with Crippen molar-refractivity contribution in [3.05, 3.63) is 53.7 Å². The number of pyridine rings is 1. The van der Waals surface area contributed by atoms with Crippen molar-refractivity contribution in [1.82, 2.24) is 15.2 Å². The molecule has 2 amide bonds. The van der Waals surface area contributed by atoms with Crippen molar-refractivity contribution in [3.8, 4) is 0 Å². The van der Waals surface area contributed by atoms with Crippen LogP contribution in [0.15, 0.2) is 40.9 Å². The van der Waals surface area contributed by atoms with Crippen LogP contribution in [0, 0.1) is 6.92 Å². The Bertz CT molecular complexity index is 719. The molecule has 0 radical (unpaired) electrons. The van der Waals surface area contributed by atoms with Gasteiger partial charge in [0, 0.05) is 38.2 Å². The van der Waals surface area contributed by atoms with Crippen molar-refractivity contribution in [1.29, 1.82) is 0 Å². The highest BCUT2D eigenvalue weighted by Gasteiger charge is 2.24. The van der Waals surface area contributed by atoms with Gasteiger partial charge in [-0.1, -0.05) is 6.07 Å². The van der Waals surface area contributed by atoms with Gasteiger partial charge < -0.3 is 14.6 Å². The maximum atomic E-state index is 12.3. The molecule has 1 saturated heterocycles. The molecular formula is C19H23N3O3. The van der Waals surface area contributed by atoms with Crippen LogP contribution in [-0.4, -0.2) is 40.8 Å². The van der Waals surface area contributed by atoms with E-state index >= 15 is 0 Å². The number of rotatable bonds is 5. The maximum Gasteiger partial charge on any atom is 0.270 e.